The van der Waals surface area contributed by atoms with Crippen molar-refractivity contribution < 1.29 is 23.7 Å². The number of rotatable bonds is 8. The van der Waals surface area contributed by atoms with E-state index in [2.05, 4.69) is 9.69 Å². The third-order valence-electron chi connectivity index (χ3n) is 4.47. The molecular weight excluding hydrogens is 418 g/mol. The lowest BCUT2D eigenvalue weighted by Crippen LogP contribution is -2.22. The second-order valence-electron chi connectivity index (χ2n) is 6.15. The SMILES string of the molecule is C.COc1ccc(-c2cnsc2-c2cc(OC)c(OC)c(OC)c2)cc1NC(=O)CN. The van der Waals surface area contributed by atoms with E-state index < -0.39 is 0 Å². The number of ether oxygens (including phenoxy) is 4. The Morgan fingerprint density at radius 1 is 0.968 bits per heavy atom. The van der Waals surface area contributed by atoms with Crippen molar-refractivity contribution in [2.45, 2.75) is 7.43 Å². The van der Waals surface area contributed by atoms with Gasteiger partial charge in [0.05, 0.1) is 45.5 Å². The fraction of sp³-hybridized carbons (Fsp3) is 0.273. The topological polar surface area (TPSA) is 105 Å². The van der Waals surface area contributed by atoms with Crippen molar-refractivity contribution in [3.8, 4) is 44.6 Å². The van der Waals surface area contributed by atoms with Gasteiger partial charge in [-0.15, -0.1) is 0 Å². The molecule has 1 heterocycles. The van der Waals surface area contributed by atoms with Crippen LogP contribution in [0.4, 0.5) is 5.69 Å². The highest BCUT2D eigenvalue weighted by Gasteiger charge is 2.19. The maximum atomic E-state index is 11.8. The van der Waals surface area contributed by atoms with Crippen molar-refractivity contribution in [1.29, 1.82) is 0 Å². The molecule has 0 unspecified atom stereocenters. The van der Waals surface area contributed by atoms with Crippen molar-refractivity contribution in [3.05, 3.63) is 36.5 Å². The van der Waals surface area contributed by atoms with Crippen LogP contribution in [0.15, 0.2) is 36.5 Å². The first-order valence-electron chi connectivity index (χ1n) is 8.99. The van der Waals surface area contributed by atoms with Crippen molar-refractivity contribution in [3.63, 3.8) is 0 Å². The van der Waals surface area contributed by atoms with E-state index in [4.69, 9.17) is 24.7 Å². The second-order valence-corrected chi connectivity index (χ2v) is 6.95. The molecule has 0 saturated carbocycles. The maximum Gasteiger partial charge on any atom is 0.238 e. The normalized spacial score (nSPS) is 10.1. The number of nitrogens with zero attached hydrogens (tertiary/aromatic N) is 1. The van der Waals surface area contributed by atoms with Crippen LogP contribution < -0.4 is 30.0 Å². The maximum absolute atomic E-state index is 11.8. The number of nitrogens with two attached hydrogens (primary N) is 1. The number of benzene rings is 2. The molecule has 3 rings (SSSR count). The Kier molecular flexibility index (Phi) is 8.23. The Labute approximate surface area is 186 Å². The Bertz CT molecular complexity index is 1030. The van der Waals surface area contributed by atoms with Gasteiger partial charge in [0.1, 0.15) is 5.75 Å². The predicted molar refractivity (Wildman–Crippen MR) is 124 cm³/mol. The van der Waals surface area contributed by atoms with Crippen molar-refractivity contribution in [1.82, 2.24) is 4.37 Å². The molecule has 0 bridgehead atoms. The molecule has 0 aliphatic rings. The number of hydrogen-bond donors (Lipinski definition) is 2. The number of hydrogen-bond acceptors (Lipinski definition) is 8. The van der Waals surface area contributed by atoms with Gasteiger partial charge in [0.25, 0.3) is 0 Å². The first-order valence-corrected chi connectivity index (χ1v) is 9.77. The van der Waals surface area contributed by atoms with Crippen LogP contribution in [-0.4, -0.2) is 45.3 Å². The van der Waals surface area contributed by atoms with Crippen LogP contribution in [0.3, 0.4) is 0 Å². The van der Waals surface area contributed by atoms with Gasteiger partial charge in [0.15, 0.2) is 11.5 Å². The zero-order valence-electron chi connectivity index (χ0n) is 17.1. The van der Waals surface area contributed by atoms with Gasteiger partial charge >= 0.3 is 0 Å². The van der Waals surface area contributed by atoms with E-state index in [-0.39, 0.29) is 19.9 Å². The molecule has 1 amide bonds. The van der Waals surface area contributed by atoms with Gasteiger partial charge in [0, 0.05) is 17.3 Å². The fourth-order valence-electron chi connectivity index (χ4n) is 3.04. The summed E-state index contributed by atoms with van der Waals surface area (Å²) in [5.74, 6) is 1.86. The number of carbonyl (C=O) groups excluding carboxylic acids is 1. The molecule has 3 aromatic rings. The summed E-state index contributed by atoms with van der Waals surface area (Å²) in [6.45, 7) is -0.121. The Balaban J connectivity index is 0.00000341. The molecule has 2 aromatic carbocycles. The molecule has 0 aliphatic carbocycles. The first-order chi connectivity index (χ1) is 14.6. The van der Waals surface area contributed by atoms with Crippen molar-refractivity contribution in [2.24, 2.45) is 5.73 Å². The van der Waals surface area contributed by atoms with Gasteiger partial charge in [-0.3, -0.25) is 4.79 Å². The van der Waals surface area contributed by atoms with E-state index >= 15 is 0 Å². The van der Waals surface area contributed by atoms with Gasteiger partial charge in [0.2, 0.25) is 11.7 Å². The van der Waals surface area contributed by atoms with E-state index in [9.17, 15) is 4.79 Å². The summed E-state index contributed by atoms with van der Waals surface area (Å²) in [6, 6.07) is 9.27. The molecule has 9 heteroatoms. The second kappa shape index (κ2) is 10.6. The lowest BCUT2D eigenvalue weighted by atomic mass is 10.0. The summed E-state index contributed by atoms with van der Waals surface area (Å²) in [4.78, 5) is 12.7. The average molecular weight is 446 g/mol. The molecule has 0 saturated heterocycles. The Morgan fingerprint density at radius 2 is 1.61 bits per heavy atom. The van der Waals surface area contributed by atoms with Crippen LogP contribution in [0, 0.1) is 0 Å². The van der Waals surface area contributed by atoms with Crippen LogP contribution in [0.2, 0.25) is 0 Å². The molecule has 3 N–H and O–H groups in total. The standard InChI is InChI=1S/C21H23N3O5S.CH4/c1-26-16-6-5-12(7-15(16)24-19(25)10-22)14-11-23-30-21(14)13-8-17(27-2)20(29-4)18(9-13)28-3;/h5-9,11H,10,22H2,1-4H3,(H,24,25);1H4. The lowest BCUT2D eigenvalue weighted by molar-refractivity contribution is -0.114. The van der Waals surface area contributed by atoms with Crippen LogP contribution >= 0.6 is 11.5 Å². The highest BCUT2D eigenvalue weighted by molar-refractivity contribution is 7.10. The number of aromatic nitrogens is 1. The van der Waals surface area contributed by atoms with E-state index in [1.54, 1.807) is 40.7 Å². The quantitative estimate of drug-likeness (QED) is 0.539. The number of methoxy groups -OCH3 is 4. The first kappa shape index (κ1) is 24.0. The van der Waals surface area contributed by atoms with Crippen LogP contribution in [0.5, 0.6) is 23.0 Å². The largest absolute Gasteiger partial charge is 0.495 e. The lowest BCUT2D eigenvalue weighted by Gasteiger charge is -2.15. The van der Waals surface area contributed by atoms with E-state index in [0.29, 0.717) is 28.7 Å². The number of amides is 1. The van der Waals surface area contributed by atoms with Crippen LogP contribution in [0.25, 0.3) is 21.6 Å². The van der Waals surface area contributed by atoms with E-state index in [0.717, 1.165) is 21.6 Å². The Hall–Kier alpha value is -3.30. The highest BCUT2D eigenvalue weighted by Crippen LogP contribution is 2.45. The fourth-order valence-corrected chi connectivity index (χ4v) is 3.80. The zero-order valence-corrected chi connectivity index (χ0v) is 18.0. The molecule has 0 spiro atoms. The van der Waals surface area contributed by atoms with Gasteiger partial charge in [-0.1, -0.05) is 13.5 Å². The van der Waals surface area contributed by atoms with E-state index in [1.807, 2.05) is 24.3 Å². The van der Waals surface area contributed by atoms with Gasteiger partial charge in [-0.25, -0.2) is 0 Å². The molecule has 0 aliphatic heterocycles. The number of anilines is 1. The summed E-state index contributed by atoms with van der Waals surface area (Å²) in [5.41, 5.74) is 8.58. The average Bonchev–Trinajstić information content (AvgIpc) is 3.27. The summed E-state index contributed by atoms with van der Waals surface area (Å²) >= 11 is 1.34. The number of carbonyl (C=O) groups is 1. The smallest absolute Gasteiger partial charge is 0.238 e. The van der Waals surface area contributed by atoms with Crippen LogP contribution in [0.1, 0.15) is 7.43 Å². The minimum Gasteiger partial charge on any atom is -0.495 e. The molecule has 0 atom stereocenters. The van der Waals surface area contributed by atoms with E-state index in [1.165, 1.54) is 11.5 Å². The van der Waals surface area contributed by atoms with Crippen LogP contribution in [-0.2, 0) is 4.79 Å². The zero-order chi connectivity index (χ0) is 21.7. The molecule has 1 aromatic heterocycles. The Morgan fingerprint density at radius 3 is 2.16 bits per heavy atom. The van der Waals surface area contributed by atoms with Crippen molar-refractivity contribution in [2.75, 3.05) is 40.3 Å². The molecular formula is C22H27N3O5S. The van der Waals surface area contributed by atoms with Crippen molar-refractivity contribution >= 4 is 23.1 Å². The summed E-state index contributed by atoms with van der Waals surface area (Å²) < 4.78 is 26.1. The molecule has 8 nitrogen and oxygen atoms in total. The highest BCUT2D eigenvalue weighted by atomic mass is 32.1. The van der Waals surface area contributed by atoms with Gasteiger partial charge in [-0.2, -0.15) is 4.37 Å². The number of nitrogens with one attached hydrogen (secondary N) is 1. The molecule has 31 heavy (non-hydrogen) atoms. The molecule has 166 valence electrons. The van der Waals surface area contributed by atoms with Gasteiger partial charge in [-0.05, 0) is 41.4 Å². The molecule has 0 radical (unpaired) electrons. The third-order valence-corrected chi connectivity index (χ3v) is 5.32. The third kappa shape index (κ3) is 4.89. The summed E-state index contributed by atoms with van der Waals surface area (Å²) in [7, 11) is 6.25. The minimum atomic E-state index is -0.307. The predicted octanol–water partition coefficient (Wildman–Crippen LogP) is 4.04. The minimum absolute atomic E-state index is 0. The molecule has 0 fully saturated rings. The van der Waals surface area contributed by atoms with Gasteiger partial charge < -0.3 is 30.0 Å². The monoisotopic (exact) mass is 445 g/mol. The summed E-state index contributed by atoms with van der Waals surface area (Å²) in [6.07, 6.45) is 1.78. The summed E-state index contributed by atoms with van der Waals surface area (Å²) in [5, 5.41) is 2.76.